The number of carboxylic acid groups (broad SMARTS) is 1. The number of carbonyl (C=O) groups is 1. The van der Waals surface area contributed by atoms with E-state index in [9.17, 15) is 4.79 Å². The second kappa shape index (κ2) is 5.63. The fourth-order valence-electron chi connectivity index (χ4n) is 0.700. The van der Waals surface area contributed by atoms with Crippen LogP contribution in [0.2, 0.25) is 0 Å². The van der Waals surface area contributed by atoms with E-state index in [-0.39, 0.29) is 5.92 Å². The monoisotopic (exact) mass is 172 g/mol. The Morgan fingerprint density at radius 3 is 2.50 bits per heavy atom. The van der Waals surface area contributed by atoms with Gasteiger partial charge in [0.1, 0.15) is 0 Å². The van der Waals surface area contributed by atoms with Gasteiger partial charge in [0.2, 0.25) is 0 Å². The van der Waals surface area contributed by atoms with E-state index in [2.05, 4.69) is 0 Å². The van der Waals surface area contributed by atoms with Crippen molar-refractivity contribution in [1.29, 1.82) is 0 Å². The summed E-state index contributed by atoms with van der Waals surface area (Å²) in [6.07, 6.45) is 2.23. The highest BCUT2D eigenvalue weighted by Crippen LogP contribution is 2.09. The number of carboxylic acids is 1. The normalized spacial score (nSPS) is 11.8. The van der Waals surface area contributed by atoms with E-state index in [1.165, 1.54) is 6.26 Å². The lowest BCUT2D eigenvalue weighted by atomic mass is 10.1. The topological polar surface area (TPSA) is 46.5 Å². The highest BCUT2D eigenvalue weighted by atomic mass is 16.5. The SMILES string of the molecule is CCCOC=C(C(=O)O)C(C)C. The molecule has 0 aliphatic rings. The molecule has 0 unspecified atom stereocenters. The minimum Gasteiger partial charge on any atom is -0.501 e. The number of ether oxygens (including phenoxy) is 1. The van der Waals surface area contributed by atoms with E-state index in [4.69, 9.17) is 9.84 Å². The predicted octanol–water partition coefficient (Wildman–Crippen LogP) is 2.04. The molecule has 1 N–H and O–H groups in total. The summed E-state index contributed by atoms with van der Waals surface area (Å²) >= 11 is 0. The van der Waals surface area contributed by atoms with Crippen LogP contribution in [0.1, 0.15) is 27.2 Å². The minimum absolute atomic E-state index is 0.000596. The maximum atomic E-state index is 10.6. The Hall–Kier alpha value is -0.990. The Balaban J connectivity index is 4.10. The van der Waals surface area contributed by atoms with Crippen molar-refractivity contribution in [1.82, 2.24) is 0 Å². The van der Waals surface area contributed by atoms with Crippen LogP contribution >= 0.6 is 0 Å². The van der Waals surface area contributed by atoms with E-state index in [0.29, 0.717) is 12.2 Å². The van der Waals surface area contributed by atoms with Gasteiger partial charge in [-0.1, -0.05) is 20.8 Å². The van der Waals surface area contributed by atoms with Crippen molar-refractivity contribution in [3.05, 3.63) is 11.8 Å². The molecular weight excluding hydrogens is 156 g/mol. The molecule has 12 heavy (non-hydrogen) atoms. The first kappa shape index (κ1) is 11.0. The molecule has 0 atom stereocenters. The van der Waals surface area contributed by atoms with Crippen molar-refractivity contribution in [2.24, 2.45) is 5.92 Å². The van der Waals surface area contributed by atoms with Crippen molar-refractivity contribution in [2.45, 2.75) is 27.2 Å². The highest BCUT2D eigenvalue weighted by Gasteiger charge is 2.11. The molecule has 0 saturated carbocycles. The molecule has 0 bridgehead atoms. The molecule has 70 valence electrons. The molecule has 0 radical (unpaired) electrons. The largest absolute Gasteiger partial charge is 0.501 e. The molecular formula is C9H16O3. The summed E-state index contributed by atoms with van der Waals surface area (Å²) in [5.41, 5.74) is 0.323. The van der Waals surface area contributed by atoms with Crippen LogP contribution in [0.3, 0.4) is 0 Å². The van der Waals surface area contributed by atoms with Gasteiger partial charge < -0.3 is 9.84 Å². The first-order chi connectivity index (χ1) is 5.59. The zero-order valence-corrected chi connectivity index (χ0v) is 7.83. The van der Waals surface area contributed by atoms with Gasteiger partial charge in [-0.05, 0) is 12.3 Å². The molecule has 0 aromatic carbocycles. The molecule has 3 nitrogen and oxygen atoms in total. The molecule has 0 saturated heterocycles. The Kier molecular flexibility index (Phi) is 5.17. The lowest BCUT2D eigenvalue weighted by Gasteiger charge is -2.05. The highest BCUT2D eigenvalue weighted by molar-refractivity contribution is 5.86. The van der Waals surface area contributed by atoms with Gasteiger partial charge in [-0.15, -0.1) is 0 Å². The van der Waals surface area contributed by atoms with Gasteiger partial charge in [0, 0.05) is 0 Å². The van der Waals surface area contributed by atoms with Crippen LogP contribution in [0.5, 0.6) is 0 Å². The van der Waals surface area contributed by atoms with E-state index in [1.807, 2.05) is 20.8 Å². The van der Waals surface area contributed by atoms with Crippen LogP contribution in [0.15, 0.2) is 11.8 Å². The number of hydrogen-bond acceptors (Lipinski definition) is 2. The van der Waals surface area contributed by atoms with Crippen LogP contribution < -0.4 is 0 Å². The summed E-state index contributed by atoms with van der Waals surface area (Å²) < 4.78 is 5.02. The van der Waals surface area contributed by atoms with Gasteiger partial charge in [0.25, 0.3) is 0 Å². The van der Waals surface area contributed by atoms with E-state index in [1.54, 1.807) is 0 Å². The Labute approximate surface area is 73.0 Å². The molecule has 0 heterocycles. The van der Waals surface area contributed by atoms with Gasteiger partial charge in [-0.2, -0.15) is 0 Å². The molecule has 0 spiro atoms. The quantitative estimate of drug-likeness (QED) is 0.392. The van der Waals surface area contributed by atoms with Crippen LogP contribution in [-0.4, -0.2) is 17.7 Å². The second-order valence-electron chi connectivity index (χ2n) is 2.90. The first-order valence-corrected chi connectivity index (χ1v) is 4.14. The van der Waals surface area contributed by atoms with Gasteiger partial charge in [-0.3, -0.25) is 0 Å². The molecule has 0 rings (SSSR count). The summed E-state index contributed by atoms with van der Waals surface area (Å²) in [4.78, 5) is 10.6. The third-order valence-electron chi connectivity index (χ3n) is 1.40. The molecule has 0 aliphatic heterocycles. The Morgan fingerprint density at radius 2 is 2.17 bits per heavy atom. The lowest BCUT2D eigenvalue weighted by Crippen LogP contribution is -2.07. The van der Waals surface area contributed by atoms with Crippen LogP contribution in [0, 0.1) is 5.92 Å². The van der Waals surface area contributed by atoms with Gasteiger partial charge in [0.15, 0.2) is 0 Å². The average molecular weight is 172 g/mol. The third-order valence-corrected chi connectivity index (χ3v) is 1.40. The summed E-state index contributed by atoms with van der Waals surface area (Å²) in [5.74, 6) is -0.902. The number of aliphatic carboxylic acids is 1. The molecule has 0 aromatic heterocycles. The van der Waals surface area contributed by atoms with Gasteiger partial charge in [0.05, 0.1) is 18.4 Å². The van der Waals surface area contributed by atoms with Crippen LogP contribution in [0.25, 0.3) is 0 Å². The summed E-state index contributed by atoms with van der Waals surface area (Å²) in [6, 6.07) is 0. The predicted molar refractivity (Wildman–Crippen MR) is 46.8 cm³/mol. The van der Waals surface area contributed by atoms with Crippen molar-refractivity contribution < 1.29 is 14.6 Å². The maximum absolute atomic E-state index is 10.6. The van der Waals surface area contributed by atoms with Crippen molar-refractivity contribution in [3.8, 4) is 0 Å². The molecule has 0 aromatic rings. The Bertz CT molecular complexity index is 171. The van der Waals surface area contributed by atoms with Crippen molar-refractivity contribution in [2.75, 3.05) is 6.61 Å². The number of hydrogen-bond donors (Lipinski definition) is 1. The van der Waals surface area contributed by atoms with Crippen LogP contribution in [-0.2, 0) is 9.53 Å². The molecule has 0 amide bonds. The van der Waals surface area contributed by atoms with Crippen molar-refractivity contribution in [3.63, 3.8) is 0 Å². The lowest BCUT2D eigenvalue weighted by molar-refractivity contribution is -0.133. The van der Waals surface area contributed by atoms with E-state index in [0.717, 1.165) is 6.42 Å². The minimum atomic E-state index is -0.902. The standard InChI is InChI=1S/C9H16O3/c1-4-5-12-6-8(7(2)3)9(10)11/h6-7H,4-5H2,1-3H3,(H,10,11). The van der Waals surface area contributed by atoms with E-state index >= 15 is 0 Å². The molecule has 0 fully saturated rings. The average Bonchev–Trinajstić information content (AvgIpc) is 1.96. The summed E-state index contributed by atoms with van der Waals surface area (Å²) in [5, 5.41) is 8.69. The zero-order valence-electron chi connectivity index (χ0n) is 7.83. The maximum Gasteiger partial charge on any atom is 0.334 e. The summed E-state index contributed by atoms with van der Waals surface area (Å²) in [7, 11) is 0. The van der Waals surface area contributed by atoms with Crippen LogP contribution in [0.4, 0.5) is 0 Å². The second-order valence-corrected chi connectivity index (χ2v) is 2.90. The molecule has 0 aliphatic carbocycles. The summed E-state index contributed by atoms with van der Waals surface area (Å²) in [6.45, 7) is 6.21. The van der Waals surface area contributed by atoms with Crippen molar-refractivity contribution >= 4 is 5.97 Å². The number of rotatable bonds is 5. The molecule has 3 heteroatoms. The first-order valence-electron chi connectivity index (χ1n) is 4.14. The van der Waals surface area contributed by atoms with Gasteiger partial charge in [-0.25, -0.2) is 4.79 Å². The Morgan fingerprint density at radius 1 is 1.58 bits per heavy atom. The van der Waals surface area contributed by atoms with Gasteiger partial charge >= 0.3 is 5.97 Å². The third kappa shape index (κ3) is 4.01. The zero-order chi connectivity index (χ0) is 9.56. The van der Waals surface area contributed by atoms with E-state index < -0.39 is 5.97 Å². The fraction of sp³-hybridized carbons (Fsp3) is 0.667. The smallest absolute Gasteiger partial charge is 0.334 e. The fourth-order valence-corrected chi connectivity index (χ4v) is 0.700.